The topological polar surface area (TPSA) is 109 Å². The summed E-state index contributed by atoms with van der Waals surface area (Å²) in [7, 11) is 0. The SMILES string of the molecule is NC(=O)/C1=C/C(=O)Oc2ccoc2OC1=O. The third-order valence-electron chi connectivity index (χ3n) is 1.74. The third kappa shape index (κ3) is 1.65. The number of nitrogens with two attached hydrogens (primary N) is 1. The van der Waals surface area contributed by atoms with Gasteiger partial charge in [-0.2, -0.15) is 0 Å². The minimum absolute atomic E-state index is 0.0434. The highest BCUT2D eigenvalue weighted by molar-refractivity contribution is 6.19. The van der Waals surface area contributed by atoms with Crippen LogP contribution in [0, 0.1) is 0 Å². The average molecular weight is 223 g/mol. The molecule has 82 valence electrons. The van der Waals surface area contributed by atoms with Crippen molar-refractivity contribution in [3.8, 4) is 11.7 Å². The van der Waals surface area contributed by atoms with Crippen LogP contribution in [0.2, 0.25) is 0 Å². The first-order valence-corrected chi connectivity index (χ1v) is 4.11. The maximum atomic E-state index is 11.4. The summed E-state index contributed by atoms with van der Waals surface area (Å²) >= 11 is 0. The maximum absolute atomic E-state index is 11.4. The number of esters is 2. The van der Waals surface area contributed by atoms with Gasteiger partial charge in [-0.25, -0.2) is 9.59 Å². The standard InChI is InChI=1S/C9H5NO6/c10-7(12)4-3-6(11)15-5-1-2-14-9(5)16-8(4)13/h1-3H,(H2,10,12)/b4-3-. The van der Waals surface area contributed by atoms with E-state index < -0.39 is 23.4 Å². The molecule has 16 heavy (non-hydrogen) atoms. The molecule has 2 N–H and O–H groups in total. The summed E-state index contributed by atoms with van der Waals surface area (Å²) in [5.74, 6) is -3.41. The Morgan fingerprint density at radius 1 is 1.25 bits per heavy atom. The number of primary amides is 1. The van der Waals surface area contributed by atoms with Crippen molar-refractivity contribution in [2.24, 2.45) is 5.73 Å². The number of fused-ring (bicyclic) bond motifs is 1. The van der Waals surface area contributed by atoms with E-state index in [2.05, 4.69) is 4.74 Å². The van der Waals surface area contributed by atoms with E-state index in [9.17, 15) is 14.4 Å². The van der Waals surface area contributed by atoms with Crippen molar-refractivity contribution in [3.63, 3.8) is 0 Å². The Labute approximate surface area is 88.4 Å². The van der Waals surface area contributed by atoms with Gasteiger partial charge in [-0.3, -0.25) is 4.79 Å². The highest BCUT2D eigenvalue weighted by Gasteiger charge is 2.26. The first-order valence-electron chi connectivity index (χ1n) is 4.11. The molecule has 7 nitrogen and oxygen atoms in total. The number of carbonyl (C=O) groups excluding carboxylic acids is 3. The second-order valence-electron chi connectivity index (χ2n) is 2.81. The lowest BCUT2D eigenvalue weighted by Crippen LogP contribution is -2.27. The zero-order valence-electron chi connectivity index (χ0n) is 7.76. The van der Waals surface area contributed by atoms with Crippen LogP contribution in [0.5, 0.6) is 11.7 Å². The van der Waals surface area contributed by atoms with E-state index in [0.717, 1.165) is 0 Å². The quantitative estimate of drug-likeness (QED) is 0.508. The Morgan fingerprint density at radius 3 is 2.69 bits per heavy atom. The van der Waals surface area contributed by atoms with Crippen LogP contribution in [0.1, 0.15) is 0 Å². The Bertz CT molecular complexity index is 512. The van der Waals surface area contributed by atoms with Crippen molar-refractivity contribution in [3.05, 3.63) is 24.0 Å². The second kappa shape index (κ2) is 3.54. The average Bonchev–Trinajstić information content (AvgIpc) is 2.59. The lowest BCUT2D eigenvalue weighted by Gasteiger charge is -2.08. The van der Waals surface area contributed by atoms with E-state index >= 15 is 0 Å². The molecule has 1 aliphatic rings. The van der Waals surface area contributed by atoms with Crippen LogP contribution in [0.3, 0.4) is 0 Å². The van der Waals surface area contributed by atoms with Crippen LogP contribution in [-0.2, 0) is 14.4 Å². The van der Waals surface area contributed by atoms with Gasteiger partial charge in [0.25, 0.3) is 5.91 Å². The molecule has 0 spiro atoms. The minimum Gasteiger partial charge on any atom is -0.431 e. The molecule has 0 unspecified atom stereocenters. The predicted molar refractivity (Wildman–Crippen MR) is 47.3 cm³/mol. The largest absolute Gasteiger partial charge is 0.431 e. The lowest BCUT2D eigenvalue weighted by atomic mass is 10.2. The highest BCUT2D eigenvalue weighted by atomic mass is 16.6. The molecule has 0 fully saturated rings. The van der Waals surface area contributed by atoms with Crippen LogP contribution in [0.4, 0.5) is 0 Å². The molecular formula is C9H5NO6. The van der Waals surface area contributed by atoms with Crippen molar-refractivity contribution in [2.45, 2.75) is 0 Å². The van der Waals surface area contributed by atoms with Crippen LogP contribution >= 0.6 is 0 Å². The van der Waals surface area contributed by atoms with Gasteiger partial charge in [0.15, 0.2) is 0 Å². The van der Waals surface area contributed by atoms with Gasteiger partial charge in [-0.15, -0.1) is 0 Å². The van der Waals surface area contributed by atoms with Crippen molar-refractivity contribution in [2.75, 3.05) is 0 Å². The molecule has 0 atom stereocenters. The summed E-state index contributed by atoms with van der Waals surface area (Å²) in [4.78, 5) is 33.4. The molecule has 1 aliphatic heterocycles. The van der Waals surface area contributed by atoms with E-state index in [1.807, 2.05) is 0 Å². The molecule has 0 bridgehead atoms. The molecule has 1 aromatic rings. The molecule has 0 aromatic carbocycles. The number of hydrogen-bond acceptors (Lipinski definition) is 6. The number of furan rings is 1. The molecule has 1 aromatic heterocycles. The van der Waals surface area contributed by atoms with E-state index in [1.165, 1.54) is 12.3 Å². The van der Waals surface area contributed by atoms with Crippen molar-refractivity contribution in [1.82, 2.24) is 0 Å². The first-order chi connectivity index (χ1) is 7.58. The summed E-state index contributed by atoms with van der Waals surface area (Å²) < 4.78 is 14.1. The van der Waals surface area contributed by atoms with Gasteiger partial charge < -0.3 is 19.6 Å². The van der Waals surface area contributed by atoms with Crippen molar-refractivity contribution in [1.29, 1.82) is 0 Å². The summed E-state index contributed by atoms with van der Waals surface area (Å²) in [6.45, 7) is 0. The predicted octanol–water partition coefficient (Wildman–Crippen LogP) is -0.484. The zero-order chi connectivity index (χ0) is 11.7. The fourth-order valence-electron chi connectivity index (χ4n) is 1.06. The number of carbonyl (C=O) groups is 3. The Balaban J connectivity index is 2.44. The molecule has 0 aliphatic carbocycles. The summed E-state index contributed by atoms with van der Waals surface area (Å²) in [6.07, 6.45) is 1.83. The Morgan fingerprint density at radius 2 is 2.00 bits per heavy atom. The van der Waals surface area contributed by atoms with Crippen molar-refractivity contribution >= 4 is 17.8 Å². The van der Waals surface area contributed by atoms with E-state index in [-0.39, 0.29) is 11.7 Å². The molecule has 0 radical (unpaired) electrons. The van der Waals surface area contributed by atoms with Gasteiger partial charge in [0.2, 0.25) is 5.75 Å². The van der Waals surface area contributed by atoms with Gasteiger partial charge >= 0.3 is 17.9 Å². The van der Waals surface area contributed by atoms with Crippen molar-refractivity contribution < 1.29 is 28.3 Å². The molecule has 2 rings (SSSR count). The van der Waals surface area contributed by atoms with Gasteiger partial charge in [0.05, 0.1) is 6.26 Å². The molecule has 7 heteroatoms. The van der Waals surface area contributed by atoms with Crippen LogP contribution in [0.25, 0.3) is 0 Å². The number of amides is 1. The molecule has 0 saturated carbocycles. The fraction of sp³-hybridized carbons (Fsp3) is 0. The van der Waals surface area contributed by atoms with Gasteiger partial charge in [-0.1, -0.05) is 0 Å². The van der Waals surface area contributed by atoms with E-state index in [4.69, 9.17) is 14.9 Å². The van der Waals surface area contributed by atoms with Gasteiger partial charge in [-0.05, 0) is 0 Å². The summed E-state index contributed by atoms with van der Waals surface area (Å²) in [5, 5.41) is 0. The monoisotopic (exact) mass is 223 g/mol. The van der Waals surface area contributed by atoms with Crippen LogP contribution in [0.15, 0.2) is 28.4 Å². The first kappa shape index (κ1) is 9.97. The van der Waals surface area contributed by atoms with E-state index in [1.54, 1.807) is 0 Å². The summed E-state index contributed by atoms with van der Waals surface area (Å²) in [5.41, 5.74) is 4.28. The molecule has 2 heterocycles. The molecule has 0 saturated heterocycles. The maximum Gasteiger partial charge on any atom is 0.351 e. The third-order valence-corrected chi connectivity index (χ3v) is 1.74. The highest BCUT2D eigenvalue weighted by Crippen LogP contribution is 2.30. The van der Waals surface area contributed by atoms with Gasteiger partial charge in [0, 0.05) is 12.1 Å². The van der Waals surface area contributed by atoms with Crippen LogP contribution < -0.4 is 15.2 Å². The minimum atomic E-state index is -1.09. The number of rotatable bonds is 1. The smallest absolute Gasteiger partial charge is 0.351 e. The number of hydrogen-bond donors (Lipinski definition) is 1. The fourth-order valence-corrected chi connectivity index (χ4v) is 1.06. The zero-order valence-corrected chi connectivity index (χ0v) is 7.76. The molecule has 1 amide bonds. The van der Waals surface area contributed by atoms with Crippen LogP contribution in [-0.4, -0.2) is 17.8 Å². The molecular weight excluding hydrogens is 218 g/mol. The summed E-state index contributed by atoms with van der Waals surface area (Å²) in [6, 6.07) is 1.30. The lowest BCUT2D eigenvalue weighted by molar-refractivity contribution is -0.137. The normalized spacial score (nSPS) is 18.4. The second-order valence-corrected chi connectivity index (χ2v) is 2.81. The Kier molecular flexibility index (Phi) is 2.20. The number of ether oxygens (including phenoxy) is 2. The van der Waals surface area contributed by atoms with Gasteiger partial charge in [0.1, 0.15) is 5.57 Å². The Hall–Kier alpha value is -2.57. The van der Waals surface area contributed by atoms with E-state index in [0.29, 0.717) is 6.08 Å².